The lowest BCUT2D eigenvalue weighted by atomic mass is 10.0. The lowest BCUT2D eigenvalue weighted by Crippen LogP contribution is -2.00. The van der Waals surface area contributed by atoms with Crippen LogP contribution in [-0.2, 0) is 0 Å². The first-order valence-corrected chi connectivity index (χ1v) is 7.40. The van der Waals surface area contributed by atoms with Crippen LogP contribution in [0.5, 0.6) is 0 Å². The SMILES string of the molecule is O=[N+]([O-])c1ccc(-c2nc(=S)cc(C3CCCC3)[nH]2)cc1. The van der Waals surface area contributed by atoms with Crippen molar-refractivity contribution in [1.82, 2.24) is 9.97 Å². The average molecular weight is 301 g/mol. The molecule has 0 bridgehead atoms. The number of hydrogen-bond donors (Lipinski definition) is 1. The maximum atomic E-state index is 10.7. The van der Waals surface area contributed by atoms with Gasteiger partial charge in [0, 0.05) is 23.4 Å². The van der Waals surface area contributed by atoms with Crippen molar-refractivity contribution < 1.29 is 4.92 Å². The molecule has 2 aromatic rings. The van der Waals surface area contributed by atoms with Crippen LogP contribution in [0.4, 0.5) is 5.69 Å². The van der Waals surface area contributed by atoms with E-state index in [0.29, 0.717) is 16.4 Å². The standard InChI is InChI=1S/C15H15N3O2S/c19-18(20)12-7-5-11(6-8-12)15-16-13(9-14(21)17-15)10-3-1-2-4-10/h5-10H,1-4H2,(H,16,17,21). The van der Waals surface area contributed by atoms with Gasteiger partial charge in [-0.05, 0) is 37.0 Å². The minimum atomic E-state index is -0.408. The molecule has 1 heterocycles. The molecule has 108 valence electrons. The van der Waals surface area contributed by atoms with Gasteiger partial charge in [0.2, 0.25) is 0 Å². The van der Waals surface area contributed by atoms with Crippen LogP contribution in [-0.4, -0.2) is 14.9 Å². The Balaban J connectivity index is 1.97. The van der Waals surface area contributed by atoms with E-state index in [0.717, 1.165) is 11.3 Å². The molecule has 6 heteroatoms. The van der Waals surface area contributed by atoms with E-state index in [2.05, 4.69) is 9.97 Å². The molecule has 0 radical (unpaired) electrons. The van der Waals surface area contributed by atoms with E-state index in [4.69, 9.17) is 12.2 Å². The van der Waals surface area contributed by atoms with E-state index in [9.17, 15) is 10.1 Å². The molecule has 3 rings (SSSR count). The molecule has 5 nitrogen and oxygen atoms in total. The summed E-state index contributed by atoms with van der Waals surface area (Å²) in [6, 6.07) is 8.29. The number of non-ortho nitro benzene ring substituents is 1. The normalized spacial score (nSPS) is 15.2. The Kier molecular flexibility index (Phi) is 3.79. The van der Waals surface area contributed by atoms with Gasteiger partial charge in [0.1, 0.15) is 10.5 Å². The molecule has 1 fully saturated rings. The van der Waals surface area contributed by atoms with E-state index in [-0.39, 0.29) is 5.69 Å². The topological polar surface area (TPSA) is 71.8 Å². The molecule has 0 atom stereocenters. The molecule has 1 aliphatic rings. The monoisotopic (exact) mass is 301 g/mol. The highest BCUT2D eigenvalue weighted by atomic mass is 32.1. The fourth-order valence-corrected chi connectivity index (χ4v) is 3.03. The molecular formula is C15H15N3O2S. The Bertz CT molecular complexity index is 718. The van der Waals surface area contributed by atoms with Crippen LogP contribution in [0, 0.1) is 14.8 Å². The molecule has 1 N–H and O–H groups in total. The largest absolute Gasteiger partial charge is 0.343 e. The third-order valence-electron chi connectivity index (χ3n) is 3.91. The molecule has 0 unspecified atom stereocenters. The summed E-state index contributed by atoms with van der Waals surface area (Å²) >= 11 is 5.25. The van der Waals surface area contributed by atoms with Gasteiger partial charge in [0.05, 0.1) is 4.92 Å². The summed E-state index contributed by atoms with van der Waals surface area (Å²) in [6.45, 7) is 0. The molecule has 1 aliphatic carbocycles. The van der Waals surface area contributed by atoms with Gasteiger partial charge >= 0.3 is 0 Å². The van der Waals surface area contributed by atoms with Crippen LogP contribution >= 0.6 is 12.2 Å². The number of nitro benzene ring substituents is 1. The smallest absolute Gasteiger partial charge is 0.269 e. The van der Waals surface area contributed by atoms with Crippen LogP contribution in [0.25, 0.3) is 11.4 Å². The highest BCUT2D eigenvalue weighted by molar-refractivity contribution is 7.71. The number of nitrogens with one attached hydrogen (secondary N) is 1. The predicted octanol–water partition coefficient (Wildman–Crippen LogP) is 4.37. The number of nitrogens with zero attached hydrogens (tertiary/aromatic N) is 2. The second kappa shape index (κ2) is 5.73. The second-order valence-corrected chi connectivity index (χ2v) is 5.73. The summed E-state index contributed by atoms with van der Waals surface area (Å²) in [4.78, 5) is 18.0. The van der Waals surface area contributed by atoms with Gasteiger partial charge in [-0.1, -0.05) is 25.1 Å². The minimum Gasteiger partial charge on any atom is -0.343 e. The second-order valence-electron chi connectivity index (χ2n) is 5.31. The number of nitro groups is 1. The quantitative estimate of drug-likeness (QED) is 0.519. The molecule has 1 saturated carbocycles. The zero-order valence-corrected chi connectivity index (χ0v) is 12.2. The Morgan fingerprint density at radius 3 is 2.52 bits per heavy atom. The molecule has 0 saturated heterocycles. The number of aromatic amines is 1. The first-order chi connectivity index (χ1) is 10.1. The van der Waals surface area contributed by atoms with Crippen molar-refractivity contribution in [3.05, 3.63) is 50.8 Å². The summed E-state index contributed by atoms with van der Waals surface area (Å²) in [5, 5.41) is 10.7. The van der Waals surface area contributed by atoms with Gasteiger partial charge < -0.3 is 4.98 Å². The summed E-state index contributed by atoms with van der Waals surface area (Å²) in [5.41, 5.74) is 2.01. The van der Waals surface area contributed by atoms with Crippen LogP contribution in [0.15, 0.2) is 30.3 Å². The van der Waals surface area contributed by atoms with E-state index in [1.807, 2.05) is 6.07 Å². The molecule has 21 heavy (non-hydrogen) atoms. The maximum Gasteiger partial charge on any atom is 0.269 e. The number of benzene rings is 1. The van der Waals surface area contributed by atoms with Gasteiger partial charge in [-0.15, -0.1) is 0 Å². The van der Waals surface area contributed by atoms with Crippen LogP contribution in [0.2, 0.25) is 0 Å². The zero-order chi connectivity index (χ0) is 14.8. The van der Waals surface area contributed by atoms with E-state index >= 15 is 0 Å². The van der Waals surface area contributed by atoms with Gasteiger partial charge in [0.25, 0.3) is 5.69 Å². The van der Waals surface area contributed by atoms with Crippen molar-refractivity contribution in [2.24, 2.45) is 0 Å². The summed E-state index contributed by atoms with van der Waals surface area (Å²) in [6.07, 6.45) is 4.85. The Morgan fingerprint density at radius 1 is 1.24 bits per heavy atom. The van der Waals surface area contributed by atoms with Crippen molar-refractivity contribution >= 4 is 17.9 Å². The molecule has 0 aliphatic heterocycles. The van der Waals surface area contributed by atoms with Crippen molar-refractivity contribution in [2.45, 2.75) is 31.6 Å². The van der Waals surface area contributed by atoms with E-state index in [1.54, 1.807) is 12.1 Å². The highest BCUT2D eigenvalue weighted by Gasteiger charge is 2.18. The molecule has 0 spiro atoms. The number of aromatic nitrogens is 2. The van der Waals surface area contributed by atoms with E-state index in [1.165, 1.54) is 37.8 Å². The summed E-state index contributed by atoms with van der Waals surface area (Å²) in [7, 11) is 0. The lowest BCUT2D eigenvalue weighted by Gasteiger charge is -2.11. The summed E-state index contributed by atoms with van der Waals surface area (Å²) in [5.74, 6) is 1.20. The predicted molar refractivity (Wildman–Crippen MR) is 82.7 cm³/mol. The third kappa shape index (κ3) is 3.00. The van der Waals surface area contributed by atoms with Crippen molar-refractivity contribution in [1.29, 1.82) is 0 Å². The summed E-state index contributed by atoms with van der Waals surface area (Å²) < 4.78 is 0.559. The first kappa shape index (κ1) is 13.9. The van der Waals surface area contributed by atoms with Gasteiger partial charge in [0.15, 0.2) is 0 Å². The molecule has 0 amide bonds. The van der Waals surface area contributed by atoms with Gasteiger partial charge in [-0.2, -0.15) is 0 Å². The Hall–Kier alpha value is -2.08. The zero-order valence-electron chi connectivity index (χ0n) is 11.4. The number of rotatable bonds is 3. The number of H-pyrrole nitrogens is 1. The van der Waals surface area contributed by atoms with Crippen molar-refractivity contribution in [2.75, 3.05) is 0 Å². The van der Waals surface area contributed by atoms with E-state index < -0.39 is 4.92 Å². The molecule has 1 aromatic carbocycles. The minimum absolute atomic E-state index is 0.0734. The Morgan fingerprint density at radius 2 is 1.90 bits per heavy atom. The van der Waals surface area contributed by atoms with Crippen LogP contribution < -0.4 is 0 Å². The fourth-order valence-electron chi connectivity index (χ4n) is 2.81. The van der Waals surface area contributed by atoms with Crippen molar-refractivity contribution in [3.8, 4) is 11.4 Å². The van der Waals surface area contributed by atoms with Crippen molar-refractivity contribution in [3.63, 3.8) is 0 Å². The van der Waals surface area contributed by atoms with Gasteiger partial charge in [-0.25, -0.2) is 4.98 Å². The molecule has 1 aromatic heterocycles. The fraction of sp³-hybridized carbons (Fsp3) is 0.333. The first-order valence-electron chi connectivity index (χ1n) is 6.99. The average Bonchev–Trinajstić information content (AvgIpc) is 3.01. The number of hydrogen-bond acceptors (Lipinski definition) is 4. The third-order valence-corrected chi connectivity index (χ3v) is 4.12. The Labute approximate surface area is 127 Å². The highest BCUT2D eigenvalue weighted by Crippen LogP contribution is 2.33. The lowest BCUT2D eigenvalue weighted by molar-refractivity contribution is -0.384. The van der Waals surface area contributed by atoms with Crippen LogP contribution in [0.1, 0.15) is 37.3 Å². The van der Waals surface area contributed by atoms with Gasteiger partial charge in [-0.3, -0.25) is 10.1 Å². The molecular weight excluding hydrogens is 286 g/mol. The van der Waals surface area contributed by atoms with Crippen LogP contribution in [0.3, 0.4) is 0 Å². The maximum absolute atomic E-state index is 10.7.